The van der Waals surface area contributed by atoms with Crippen LogP contribution < -0.4 is 10.6 Å². The Balaban J connectivity index is 1.49. The Kier molecular flexibility index (Phi) is 2.78. The van der Waals surface area contributed by atoms with Gasteiger partial charge in [-0.2, -0.15) is 0 Å². The molecule has 2 aliphatic heterocycles. The lowest BCUT2D eigenvalue weighted by molar-refractivity contribution is -0.115. The number of carbonyl (C=O) groups excluding carboxylic acids is 1. The van der Waals surface area contributed by atoms with Crippen molar-refractivity contribution in [3.8, 4) is 0 Å². The Morgan fingerprint density at radius 2 is 2.47 bits per heavy atom. The fraction of sp³-hybridized carbons (Fsp3) is 0.833. The third kappa shape index (κ3) is 2.16. The van der Waals surface area contributed by atoms with Crippen LogP contribution in [0.15, 0.2) is 5.16 Å². The van der Waals surface area contributed by atoms with Crippen molar-refractivity contribution in [3.63, 3.8) is 0 Å². The summed E-state index contributed by atoms with van der Waals surface area (Å²) in [4.78, 5) is 17.3. The molecule has 1 spiro atoms. The van der Waals surface area contributed by atoms with Crippen LogP contribution in [-0.4, -0.2) is 36.9 Å². The fourth-order valence-corrected chi connectivity index (χ4v) is 2.63. The van der Waals surface area contributed by atoms with Gasteiger partial charge < -0.3 is 15.5 Å². The van der Waals surface area contributed by atoms with Crippen molar-refractivity contribution in [3.05, 3.63) is 0 Å². The number of nitrogens with zero attached hydrogens (tertiary/aromatic N) is 1. The van der Waals surface area contributed by atoms with Crippen molar-refractivity contribution in [2.24, 2.45) is 11.1 Å². The van der Waals surface area contributed by atoms with Crippen molar-refractivity contribution in [2.45, 2.75) is 37.7 Å². The summed E-state index contributed by atoms with van der Waals surface area (Å²) in [6.07, 6.45) is 5.39. The van der Waals surface area contributed by atoms with Crippen LogP contribution in [0.25, 0.3) is 0 Å². The second-order valence-electron chi connectivity index (χ2n) is 5.42. The summed E-state index contributed by atoms with van der Waals surface area (Å²) in [5.74, 6) is 0.643. The minimum Gasteiger partial charge on any atom is -0.387 e. The van der Waals surface area contributed by atoms with Gasteiger partial charge in [-0.15, -0.1) is 0 Å². The van der Waals surface area contributed by atoms with Gasteiger partial charge in [-0.25, -0.2) is 0 Å². The minimum atomic E-state index is -0.233. The summed E-state index contributed by atoms with van der Waals surface area (Å²) in [6.45, 7) is 2.55. The second kappa shape index (κ2) is 4.29. The van der Waals surface area contributed by atoms with Gasteiger partial charge in [-0.05, 0) is 25.3 Å². The van der Waals surface area contributed by atoms with Gasteiger partial charge in [0.05, 0.1) is 0 Å². The van der Waals surface area contributed by atoms with E-state index < -0.39 is 0 Å². The van der Waals surface area contributed by atoms with Crippen molar-refractivity contribution >= 4 is 11.6 Å². The van der Waals surface area contributed by atoms with Gasteiger partial charge in [-0.3, -0.25) is 4.79 Å². The predicted octanol–water partition coefficient (Wildman–Crippen LogP) is 0.411. The topological polar surface area (TPSA) is 62.7 Å². The quantitative estimate of drug-likeness (QED) is 0.747. The van der Waals surface area contributed by atoms with E-state index in [4.69, 9.17) is 4.84 Å². The van der Waals surface area contributed by atoms with Gasteiger partial charge in [-0.1, -0.05) is 11.6 Å². The third-order valence-electron chi connectivity index (χ3n) is 4.08. The van der Waals surface area contributed by atoms with Crippen LogP contribution in [0.1, 0.15) is 32.1 Å². The Morgan fingerprint density at radius 3 is 3.12 bits per heavy atom. The van der Waals surface area contributed by atoms with E-state index in [1.807, 2.05) is 0 Å². The van der Waals surface area contributed by atoms with E-state index in [9.17, 15) is 4.79 Å². The maximum Gasteiger partial charge on any atom is 0.269 e. The first-order valence-corrected chi connectivity index (χ1v) is 6.51. The van der Waals surface area contributed by atoms with Crippen molar-refractivity contribution in [2.75, 3.05) is 19.6 Å². The molecule has 1 amide bonds. The molecule has 94 valence electrons. The first-order valence-electron chi connectivity index (χ1n) is 6.51. The van der Waals surface area contributed by atoms with E-state index in [0.717, 1.165) is 26.1 Å². The van der Waals surface area contributed by atoms with E-state index in [1.54, 1.807) is 0 Å². The molecule has 0 radical (unpaired) electrons. The standard InChI is InChI=1S/C12H19N3O2/c16-11(14-7-9-2-1-3-9)10-6-12(17-15-10)4-5-13-8-12/h9,13H,1-8H2,(H,14,16)/t12-/m0/s1. The van der Waals surface area contributed by atoms with Crippen molar-refractivity contribution in [1.29, 1.82) is 0 Å². The summed E-state index contributed by atoms with van der Waals surface area (Å²) in [7, 11) is 0. The lowest BCUT2D eigenvalue weighted by Crippen LogP contribution is -2.38. The molecule has 2 fully saturated rings. The molecule has 2 N–H and O–H groups in total. The molecule has 1 saturated carbocycles. The highest BCUT2D eigenvalue weighted by atomic mass is 16.7. The summed E-state index contributed by atoms with van der Waals surface area (Å²) in [5, 5.41) is 10.2. The number of carbonyl (C=O) groups is 1. The molecule has 0 aromatic rings. The van der Waals surface area contributed by atoms with E-state index in [2.05, 4.69) is 15.8 Å². The number of rotatable bonds is 3. The zero-order valence-electron chi connectivity index (χ0n) is 10.00. The molecular formula is C12H19N3O2. The smallest absolute Gasteiger partial charge is 0.269 e. The third-order valence-corrected chi connectivity index (χ3v) is 4.08. The van der Waals surface area contributed by atoms with E-state index in [0.29, 0.717) is 18.1 Å². The second-order valence-corrected chi connectivity index (χ2v) is 5.42. The Hall–Kier alpha value is -1.10. The molecule has 1 saturated heterocycles. The highest BCUT2D eigenvalue weighted by Crippen LogP contribution is 2.30. The lowest BCUT2D eigenvalue weighted by Gasteiger charge is -2.25. The maximum atomic E-state index is 11.9. The molecule has 0 unspecified atom stereocenters. The molecule has 3 aliphatic rings. The number of oxime groups is 1. The number of hydrogen-bond donors (Lipinski definition) is 2. The van der Waals surface area contributed by atoms with Gasteiger partial charge in [0, 0.05) is 25.9 Å². The van der Waals surface area contributed by atoms with Gasteiger partial charge >= 0.3 is 0 Å². The van der Waals surface area contributed by atoms with E-state index in [-0.39, 0.29) is 11.5 Å². The van der Waals surface area contributed by atoms with Crippen LogP contribution in [0.4, 0.5) is 0 Å². The Bertz CT molecular complexity index is 344. The predicted molar refractivity (Wildman–Crippen MR) is 63.7 cm³/mol. The van der Waals surface area contributed by atoms with Crippen LogP contribution in [0.2, 0.25) is 0 Å². The molecular weight excluding hydrogens is 218 g/mol. The number of hydrogen-bond acceptors (Lipinski definition) is 4. The van der Waals surface area contributed by atoms with Gasteiger partial charge in [0.1, 0.15) is 5.71 Å². The molecule has 17 heavy (non-hydrogen) atoms. The lowest BCUT2D eigenvalue weighted by atomic mass is 9.85. The van der Waals surface area contributed by atoms with Crippen LogP contribution in [0.3, 0.4) is 0 Å². The summed E-state index contributed by atoms with van der Waals surface area (Å²) in [6, 6.07) is 0. The highest BCUT2D eigenvalue weighted by molar-refractivity contribution is 6.39. The van der Waals surface area contributed by atoms with Gasteiger partial charge in [0.2, 0.25) is 0 Å². The molecule has 0 bridgehead atoms. The Morgan fingerprint density at radius 1 is 1.59 bits per heavy atom. The van der Waals surface area contributed by atoms with Crippen LogP contribution in [0, 0.1) is 5.92 Å². The first kappa shape index (κ1) is 11.0. The monoisotopic (exact) mass is 237 g/mol. The molecule has 5 nitrogen and oxygen atoms in total. The van der Waals surface area contributed by atoms with Crippen LogP contribution in [-0.2, 0) is 9.63 Å². The fourth-order valence-electron chi connectivity index (χ4n) is 2.63. The van der Waals surface area contributed by atoms with Crippen molar-refractivity contribution in [1.82, 2.24) is 10.6 Å². The summed E-state index contributed by atoms with van der Waals surface area (Å²) >= 11 is 0. The van der Waals surface area contributed by atoms with Gasteiger partial charge in [0.25, 0.3) is 5.91 Å². The maximum absolute atomic E-state index is 11.9. The number of amides is 1. The average molecular weight is 237 g/mol. The van der Waals surface area contributed by atoms with Crippen LogP contribution >= 0.6 is 0 Å². The summed E-state index contributed by atoms with van der Waals surface area (Å²) < 4.78 is 0. The van der Waals surface area contributed by atoms with E-state index in [1.165, 1.54) is 19.3 Å². The average Bonchev–Trinajstić information content (AvgIpc) is 2.87. The summed E-state index contributed by atoms with van der Waals surface area (Å²) in [5.41, 5.74) is 0.330. The Labute approximate surface area is 101 Å². The SMILES string of the molecule is O=C(NCC1CCC1)C1=NO[C@@]2(CCNC2)C1. The highest BCUT2D eigenvalue weighted by Gasteiger charge is 2.43. The largest absolute Gasteiger partial charge is 0.387 e. The molecule has 3 rings (SSSR count). The zero-order valence-corrected chi connectivity index (χ0v) is 10.00. The van der Waals surface area contributed by atoms with Crippen molar-refractivity contribution < 1.29 is 9.63 Å². The first-order chi connectivity index (χ1) is 8.27. The van der Waals surface area contributed by atoms with E-state index >= 15 is 0 Å². The molecule has 0 aromatic carbocycles. The zero-order chi connectivity index (χ0) is 11.7. The normalized spacial score (nSPS) is 32.1. The molecule has 0 aromatic heterocycles. The number of nitrogens with one attached hydrogen (secondary N) is 2. The molecule has 5 heteroatoms. The molecule has 2 heterocycles. The van der Waals surface area contributed by atoms with Gasteiger partial charge in [0.15, 0.2) is 5.60 Å². The molecule has 1 atom stereocenters. The van der Waals surface area contributed by atoms with Crippen LogP contribution in [0.5, 0.6) is 0 Å². The minimum absolute atomic E-state index is 0.0410. The molecule has 1 aliphatic carbocycles.